The lowest BCUT2D eigenvalue weighted by molar-refractivity contribution is 0.102. The predicted octanol–water partition coefficient (Wildman–Crippen LogP) is 6.16. The molecule has 5 rings (SSSR count). The van der Waals surface area contributed by atoms with Crippen LogP contribution in [-0.2, 0) is 0 Å². The molecule has 0 fully saturated rings. The zero-order chi connectivity index (χ0) is 23.3. The van der Waals surface area contributed by atoms with Gasteiger partial charge < -0.3 is 9.73 Å². The summed E-state index contributed by atoms with van der Waals surface area (Å²) in [6.45, 7) is 2.00. The fraction of sp³-hybridized carbons (Fsp3) is 0.0370. The van der Waals surface area contributed by atoms with Crippen LogP contribution < -0.4 is 10.2 Å². The maximum Gasteiger partial charge on any atom is 0.307 e. The summed E-state index contributed by atoms with van der Waals surface area (Å²) in [6, 6.07) is 23.1. The van der Waals surface area contributed by atoms with Gasteiger partial charge in [0.15, 0.2) is 5.76 Å². The van der Waals surface area contributed by atoms with Gasteiger partial charge in [0, 0.05) is 41.6 Å². The second-order valence-corrected chi connectivity index (χ2v) is 7.61. The Labute approximate surface area is 196 Å². The van der Waals surface area contributed by atoms with Crippen LogP contribution in [0.5, 0.6) is 0 Å². The standard InChI is InChI=1S/C27H21N5O2/c1-19-9-10-22(31-26(33)20-11-14-28-15-12-20)16-24(19)32(23-7-3-2-4-8-23)27-30-18-25(34-27)21-6-5-13-29-17-21/h2-18H,1H3,(H,31,33). The molecule has 0 bridgehead atoms. The second-order valence-electron chi connectivity index (χ2n) is 7.61. The number of carbonyl (C=O) groups excluding carboxylic acids is 1. The molecule has 3 aromatic heterocycles. The van der Waals surface area contributed by atoms with E-state index < -0.39 is 0 Å². The molecular weight excluding hydrogens is 426 g/mol. The van der Waals surface area contributed by atoms with E-state index in [4.69, 9.17) is 4.42 Å². The summed E-state index contributed by atoms with van der Waals surface area (Å²) in [5.74, 6) is 0.405. The first-order valence-corrected chi connectivity index (χ1v) is 10.7. The van der Waals surface area contributed by atoms with Crippen LogP contribution in [0.4, 0.5) is 23.1 Å². The average molecular weight is 447 g/mol. The molecule has 1 amide bonds. The lowest BCUT2D eigenvalue weighted by Crippen LogP contribution is -2.14. The number of aromatic nitrogens is 3. The number of oxazole rings is 1. The zero-order valence-corrected chi connectivity index (χ0v) is 18.4. The van der Waals surface area contributed by atoms with Crippen LogP contribution in [0.2, 0.25) is 0 Å². The van der Waals surface area contributed by atoms with Crippen molar-refractivity contribution in [3.8, 4) is 11.3 Å². The average Bonchev–Trinajstić information content (AvgIpc) is 3.37. The Morgan fingerprint density at radius 1 is 0.882 bits per heavy atom. The molecule has 0 aliphatic rings. The molecule has 0 aliphatic heterocycles. The molecule has 0 saturated heterocycles. The lowest BCUT2D eigenvalue weighted by atomic mass is 10.1. The van der Waals surface area contributed by atoms with E-state index in [-0.39, 0.29) is 5.91 Å². The van der Waals surface area contributed by atoms with E-state index in [0.29, 0.717) is 23.0 Å². The van der Waals surface area contributed by atoms with Crippen molar-refractivity contribution in [2.45, 2.75) is 6.92 Å². The topological polar surface area (TPSA) is 84.2 Å². The molecule has 0 unspecified atom stereocenters. The number of amides is 1. The first-order chi connectivity index (χ1) is 16.7. The SMILES string of the molecule is Cc1ccc(NC(=O)c2ccncc2)cc1N(c1ccccc1)c1ncc(-c2cccnc2)o1. The molecule has 0 saturated carbocycles. The normalized spacial score (nSPS) is 10.6. The highest BCUT2D eigenvalue weighted by atomic mass is 16.4. The third-order valence-electron chi connectivity index (χ3n) is 5.30. The highest BCUT2D eigenvalue weighted by Crippen LogP contribution is 2.38. The van der Waals surface area contributed by atoms with E-state index in [1.807, 2.05) is 72.5 Å². The summed E-state index contributed by atoms with van der Waals surface area (Å²) >= 11 is 0. The molecule has 3 heterocycles. The molecule has 34 heavy (non-hydrogen) atoms. The number of para-hydroxylation sites is 1. The number of rotatable bonds is 6. The number of benzene rings is 2. The second kappa shape index (κ2) is 9.38. The van der Waals surface area contributed by atoms with Crippen molar-refractivity contribution in [1.29, 1.82) is 0 Å². The van der Waals surface area contributed by atoms with Gasteiger partial charge in [0.1, 0.15) is 0 Å². The molecule has 0 atom stereocenters. The van der Waals surface area contributed by atoms with Gasteiger partial charge in [0.2, 0.25) is 0 Å². The van der Waals surface area contributed by atoms with Crippen molar-refractivity contribution >= 4 is 29.0 Å². The maximum absolute atomic E-state index is 12.7. The Morgan fingerprint density at radius 2 is 1.71 bits per heavy atom. The number of aryl methyl sites for hydroxylation is 1. The summed E-state index contributed by atoms with van der Waals surface area (Å²) in [5, 5.41) is 2.96. The fourth-order valence-corrected chi connectivity index (χ4v) is 3.57. The molecule has 7 heteroatoms. The number of hydrogen-bond acceptors (Lipinski definition) is 6. The Hall–Kier alpha value is -4.78. The first-order valence-electron chi connectivity index (χ1n) is 10.7. The van der Waals surface area contributed by atoms with Crippen molar-refractivity contribution in [3.63, 3.8) is 0 Å². The van der Waals surface area contributed by atoms with Crippen LogP contribution >= 0.6 is 0 Å². The van der Waals surface area contributed by atoms with E-state index in [1.54, 1.807) is 43.1 Å². The smallest absolute Gasteiger partial charge is 0.307 e. The highest BCUT2D eigenvalue weighted by molar-refractivity contribution is 6.04. The molecule has 5 aromatic rings. The van der Waals surface area contributed by atoms with Gasteiger partial charge in [0.25, 0.3) is 5.91 Å². The zero-order valence-electron chi connectivity index (χ0n) is 18.4. The van der Waals surface area contributed by atoms with Gasteiger partial charge in [-0.1, -0.05) is 24.3 Å². The van der Waals surface area contributed by atoms with Crippen LogP contribution in [0, 0.1) is 6.92 Å². The summed E-state index contributed by atoms with van der Waals surface area (Å²) in [6.07, 6.45) is 8.32. The molecule has 166 valence electrons. The van der Waals surface area contributed by atoms with Crippen LogP contribution in [0.3, 0.4) is 0 Å². The summed E-state index contributed by atoms with van der Waals surface area (Å²) in [5.41, 5.74) is 4.73. The molecule has 2 aromatic carbocycles. The first kappa shape index (κ1) is 21.1. The minimum absolute atomic E-state index is 0.210. The number of nitrogens with one attached hydrogen (secondary N) is 1. The fourth-order valence-electron chi connectivity index (χ4n) is 3.57. The van der Waals surface area contributed by atoms with Gasteiger partial charge in [-0.25, -0.2) is 4.98 Å². The highest BCUT2D eigenvalue weighted by Gasteiger charge is 2.21. The Kier molecular flexibility index (Phi) is 5.82. The largest absolute Gasteiger partial charge is 0.423 e. The van der Waals surface area contributed by atoms with E-state index in [0.717, 1.165) is 22.5 Å². The van der Waals surface area contributed by atoms with Crippen LogP contribution in [0.15, 0.2) is 108 Å². The van der Waals surface area contributed by atoms with Crippen LogP contribution in [-0.4, -0.2) is 20.9 Å². The predicted molar refractivity (Wildman–Crippen MR) is 131 cm³/mol. The third-order valence-corrected chi connectivity index (χ3v) is 5.30. The molecule has 1 N–H and O–H groups in total. The third kappa shape index (κ3) is 4.40. The van der Waals surface area contributed by atoms with Gasteiger partial charge in [-0.05, 0) is 61.0 Å². The van der Waals surface area contributed by atoms with Crippen LogP contribution in [0.1, 0.15) is 15.9 Å². The minimum Gasteiger partial charge on any atom is -0.423 e. The Morgan fingerprint density at radius 3 is 2.47 bits per heavy atom. The molecular formula is C27H21N5O2. The monoisotopic (exact) mass is 447 g/mol. The molecule has 0 aliphatic carbocycles. The van der Waals surface area contributed by atoms with E-state index in [2.05, 4.69) is 20.3 Å². The van der Waals surface area contributed by atoms with Crippen molar-refractivity contribution < 1.29 is 9.21 Å². The number of nitrogens with zero attached hydrogens (tertiary/aromatic N) is 4. The number of anilines is 4. The van der Waals surface area contributed by atoms with Gasteiger partial charge in [-0.3, -0.25) is 19.7 Å². The van der Waals surface area contributed by atoms with Crippen molar-refractivity contribution in [2.24, 2.45) is 0 Å². The Balaban J connectivity index is 1.54. The van der Waals surface area contributed by atoms with E-state index in [1.165, 1.54) is 0 Å². The minimum atomic E-state index is -0.210. The summed E-state index contributed by atoms with van der Waals surface area (Å²) < 4.78 is 6.17. The molecule has 7 nitrogen and oxygen atoms in total. The van der Waals surface area contributed by atoms with Crippen molar-refractivity contribution in [2.75, 3.05) is 10.2 Å². The quantitative estimate of drug-likeness (QED) is 0.335. The van der Waals surface area contributed by atoms with Crippen LogP contribution in [0.25, 0.3) is 11.3 Å². The van der Waals surface area contributed by atoms with E-state index >= 15 is 0 Å². The molecule has 0 spiro atoms. The lowest BCUT2D eigenvalue weighted by Gasteiger charge is -2.23. The van der Waals surface area contributed by atoms with E-state index in [9.17, 15) is 4.79 Å². The van der Waals surface area contributed by atoms with Crippen molar-refractivity contribution in [1.82, 2.24) is 15.0 Å². The Bertz CT molecular complexity index is 1400. The number of hydrogen-bond donors (Lipinski definition) is 1. The van der Waals surface area contributed by atoms with Gasteiger partial charge >= 0.3 is 6.01 Å². The maximum atomic E-state index is 12.7. The number of pyridine rings is 2. The molecule has 0 radical (unpaired) electrons. The summed E-state index contributed by atoms with van der Waals surface area (Å²) in [4.78, 5) is 27.3. The van der Waals surface area contributed by atoms with Crippen molar-refractivity contribution in [3.05, 3.63) is 115 Å². The van der Waals surface area contributed by atoms with Gasteiger partial charge in [0.05, 0.1) is 17.6 Å². The number of carbonyl (C=O) groups is 1. The van der Waals surface area contributed by atoms with Gasteiger partial charge in [-0.15, -0.1) is 0 Å². The van der Waals surface area contributed by atoms with Gasteiger partial charge in [-0.2, -0.15) is 0 Å². The summed E-state index contributed by atoms with van der Waals surface area (Å²) in [7, 11) is 0.